The molecule has 3 aromatic rings. The zero-order valence-corrected chi connectivity index (χ0v) is 19.7. The molecule has 0 saturated carbocycles. The summed E-state index contributed by atoms with van der Waals surface area (Å²) in [5.74, 6) is -1.91. The van der Waals surface area contributed by atoms with Gasteiger partial charge < -0.3 is 15.9 Å². The first-order valence-electron chi connectivity index (χ1n) is 9.20. The Hall–Kier alpha value is -3.35. The molecule has 0 heterocycles. The molecule has 0 bridgehead atoms. The van der Waals surface area contributed by atoms with Crippen LogP contribution in [0.5, 0.6) is 11.5 Å². The summed E-state index contributed by atoms with van der Waals surface area (Å²) in [7, 11) is -13.6. The summed E-state index contributed by atoms with van der Waals surface area (Å²) in [5, 5.41) is 28.1. The van der Waals surface area contributed by atoms with Crippen LogP contribution in [0.3, 0.4) is 0 Å². The van der Waals surface area contributed by atoms with Crippen molar-refractivity contribution in [1.29, 1.82) is 0 Å². The van der Waals surface area contributed by atoms with Crippen molar-refractivity contribution in [3.8, 4) is 11.5 Å². The highest BCUT2D eigenvalue weighted by Crippen LogP contribution is 2.41. The maximum Gasteiger partial charge on any atom is 0.397 e. The topological polar surface area (TPSA) is 243 Å². The molecule has 0 atom stereocenters. The van der Waals surface area contributed by atoms with Gasteiger partial charge in [0.1, 0.15) is 22.9 Å². The van der Waals surface area contributed by atoms with Crippen LogP contribution in [0.15, 0.2) is 62.5 Å². The third-order valence-corrected chi connectivity index (χ3v) is 7.49. The maximum absolute atomic E-state index is 12.4. The summed E-state index contributed by atoms with van der Waals surface area (Å²) in [5.41, 5.74) is 5.40. The zero-order chi connectivity index (χ0) is 26.2. The molecule has 0 aliphatic heterocycles. The Morgan fingerprint density at radius 3 is 2.14 bits per heavy atom. The average Bonchev–Trinajstić information content (AvgIpc) is 2.72. The molecule has 35 heavy (non-hydrogen) atoms. The first kappa shape index (κ1) is 26.3. The molecule has 3 aromatic carbocycles. The van der Waals surface area contributed by atoms with Gasteiger partial charge in [0.15, 0.2) is 9.84 Å². The molecule has 0 fully saturated rings. The lowest BCUT2D eigenvalue weighted by Crippen LogP contribution is -2.15. The summed E-state index contributed by atoms with van der Waals surface area (Å²) >= 11 is 0. The lowest BCUT2D eigenvalue weighted by molar-refractivity contribution is 0.284. The molecule has 3 rings (SSSR count). The van der Waals surface area contributed by atoms with E-state index in [1.807, 2.05) is 0 Å². The number of phenols is 2. The number of benzene rings is 3. The van der Waals surface area contributed by atoms with E-state index in [9.17, 15) is 40.0 Å². The van der Waals surface area contributed by atoms with E-state index in [0.717, 1.165) is 30.3 Å². The number of hydrogen-bond donors (Lipinski definition) is 5. The highest BCUT2D eigenvalue weighted by atomic mass is 32.3. The van der Waals surface area contributed by atoms with Gasteiger partial charge in [-0.05, 0) is 35.7 Å². The molecule has 0 aliphatic carbocycles. The highest BCUT2D eigenvalue weighted by Gasteiger charge is 2.19. The molecule has 0 aromatic heterocycles. The van der Waals surface area contributed by atoms with Crippen LogP contribution in [-0.4, -0.2) is 56.9 Å². The van der Waals surface area contributed by atoms with Crippen molar-refractivity contribution in [3.05, 3.63) is 42.5 Å². The molecule has 0 spiro atoms. The monoisotopic (exact) mass is 547 g/mol. The van der Waals surface area contributed by atoms with Gasteiger partial charge in [0.25, 0.3) is 10.1 Å². The van der Waals surface area contributed by atoms with Gasteiger partial charge in [-0.2, -0.15) is 16.8 Å². The number of aromatic hydroxyl groups is 2. The van der Waals surface area contributed by atoms with Crippen LogP contribution in [0, 0.1) is 0 Å². The number of fused-ring (bicyclic) bond motifs is 1. The predicted octanol–water partition coefficient (Wildman–Crippen LogP) is 2.09. The first-order chi connectivity index (χ1) is 16.1. The minimum absolute atomic E-state index is 0.0122. The molecule has 14 nitrogen and oxygen atoms in total. The Labute approximate surface area is 198 Å². The Kier molecular flexibility index (Phi) is 7.02. The van der Waals surface area contributed by atoms with Crippen molar-refractivity contribution < 1.29 is 48.8 Å². The molecule has 6 N–H and O–H groups in total. The number of azo groups is 1. The Balaban J connectivity index is 2.03. The van der Waals surface area contributed by atoms with Gasteiger partial charge in [0, 0.05) is 6.07 Å². The Bertz CT molecular complexity index is 1670. The van der Waals surface area contributed by atoms with Crippen LogP contribution in [0.1, 0.15) is 0 Å². The minimum atomic E-state index is -4.84. The lowest BCUT2D eigenvalue weighted by atomic mass is 10.1. The molecular weight excluding hydrogens is 530 g/mol. The van der Waals surface area contributed by atoms with Crippen molar-refractivity contribution in [2.24, 2.45) is 10.2 Å². The molecule has 0 unspecified atom stereocenters. The van der Waals surface area contributed by atoms with E-state index in [4.69, 9.17) is 10.3 Å². The first-order valence-corrected chi connectivity index (χ1v) is 13.7. The van der Waals surface area contributed by atoms with Crippen molar-refractivity contribution in [1.82, 2.24) is 0 Å². The maximum atomic E-state index is 12.4. The van der Waals surface area contributed by atoms with Crippen LogP contribution in [-0.2, 0) is 34.5 Å². The molecule has 0 saturated heterocycles. The average molecular weight is 548 g/mol. The number of nitrogens with zero attached hydrogens (tertiary/aromatic N) is 2. The van der Waals surface area contributed by atoms with Gasteiger partial charge in [-0.25, -0.2) is 12.6 Å². The van der Waals surface area contributed by atoms with Crippen LogP contribution in [0.2, 0.25) is 0 Å². The zero-order valence-electron chi connectivity index (χ0n) is 17.3. The summed E-state index contributed by atoms with van der Waals surface area (Å²) in [6.45, 7) is -0.865. The van der Waals surface area contributed by atoms with Crippen molar-refractivity contribution in [2.45, 2.75) is 9.79 Å². The van der Waals surface area contributed by atoms with Crippen LogP contribution in [0.25, 0.3) is 10.8 Å². The van der Waals surface area contributed by atoms with Gasteiger partial charge in [0.2, 0.25) is 0 Å². The second kappa shape index (κ2) is 9.36. The van der Waals surface area contributed by atoms with E-state index in [1.165, 1.54) is 12.1 Å². The normalized spacial score (nSPS) is 13.0. The second-order valence-electron chi connectivity index (χ2n) is 6.94. The number of anilines is 1. The smallest absolute Gasteiger partial charge is 0.397 e. The van der Waals surface area contributed by atoms with Crippen molar-refractivity contribution in [3.63, 3.8) is 0 Å². The number of nitrogens with two attached hydrogens (primary N) is 1. The summed E-state index contributed by atoms with van der Waals surface area (Å²) in [4.78, 5) is -0.960. The highest BCUT2D eigenvalue weighted by molar-refractivity contribution is 7.91. The summed E-state index contributed by atoms with van der Waals surface area (Å²) in [6, 6.07) is 7.45. The fraction of sp³-hybridized carbons (Fsp3) is 0.111. The van der Waals surface area contributed by atoms with Crippen molar-refractivity contribution >= 4 is 58.2 Å². The molecule has 0 radical (unpaired) electrons. The summed E-state index contributed by atoms with van der Waals surface area (Å²) < 4.78 is 90.6. The lowest BCUT2D eigenvalue weighted by Gasteiger charge is -2.09. The molecule has 17 heteroatoms. The second-order valence-corrected chi connectivity index (χ2v) is 11.6. The van der Waals surface area contributed by atoms with E-state index in [-0.39, 0.29) is 32.7 Å². The number of phenolic OH excluding ortho intramolecular Hbond substituents is 2. The van der Waals surface area contributed by atoms with Gasteiger partial charge in [0.05, 0.1) is 33.2 Å². The van der Waals surface area contributed by atoms with Gasteiger partial charge in [-0.3, -0.25) is 9.11 Å². The standard InChI is InChI=1S/C18H17N3O11S3/c19-13-3-1-10-7-12(34(26,27)28)9-16(23)17(10)18(13)21-20-14-8-11(2-4-15(14)22)33(24,25)6-5-32-35(29,30)31/h1-4,7-9,22-23H,5-6,19H2,(H,26,27,28)(H,29,30,31)/b21-20+. The third-order valence-electron chi connectivity index (χ3n) is 4.52. The van der Waals surface area contributed by atoms with E-state index < -0.39 is 59.1 Å². The third kappa shape index (κ3) is 6.21. The number of hydrogen-bond acceptors (Lipinski definition) is 12. The van der Waals surface area contributed by atoms with Gasteiger partial charge >= 0.3 is 10.4 Å². The van der Waals surface area contributed by atoms with E-state index in [2.05, 4.69) is 14.4 Å². The Morgan fingerprint density at radius 1 is 0.829 bits per heavy atom. The fourth-order valence-electron chi connectivity index (χ4n) is 2.92. The van der Waals surface area contributed by atoms with Crippen molar-refractivity contribution in [2.75, 3.05) is 18.1 Å². The number of sulfone groups is 1. The molecule has 0 aliphatic rings. The van der Waals surface area contributed by atoms with Crippen LogP contribution >= 0.6 is 0 Å². The minimum Gasteiger partial charge on any atom is -0.507 e. The number of rotatable bonds is 8. The summed E-state index contributed by atoms with van der Waals surface area (Å²) in [6.07, 6.45) is 0. The molecular formula is C18H17N3O11S3. The van der Waals surface area contributed by atoms with E-state index in [0.29, 0.717) is 0 Å². The number of nitrogen functional groups attached to an aromatic ring is 1. The van der Waals surface area contributed by atoms with E-state index in [1.54, 1.807) is 0 Å². The van der Waals surface area contributed by atoms with Gasteiger partial charge in [-0.1, -0.05) is 6.07 Å². The molecule has 188 valence electrons. The SMILES string of the molecule is Nc1ccc2cc(S(=O)(=O)O)cc(O)c2c1/N=N/c1cc(S(=O)(=O)CCOS(=O)(=O)O)ccc1O. The Morgan fingerprint density at radius 2 is 1.51 bits per heavy atom. The predicted molar refractivity (Wildman–Crippen MR) is 122 cm³/mol. The van der Waals surface area contributed by atoms with Crippen LogP contribution in [0.4, 0.5) is 17.1 Å². The quantitative estimate of drug-likeness (QED) is 0.155. The fourth-order valence-corrected chi connectivity index (χ4v) is 4.96. The largest absolute Gasteiger partial charge is 0.507 e. The van der Waals surface area contributed by atoms with Crippen LogP contribution < -0.4 is 5.73 Å². The molecule has 0 amide bonds. The van der Waals surface area contributed by atoms with E-state index >= 15 is 0 Å². The van der Waals surface area contributed by atoms with Gasteiger partial charge in [-0.15, -0.1) is 10.2 Å².